The number of para-hydroxylation sites is 1. The van der Waals surface area contributed by atoms with Gasteiger partial charge in [0.2, 0.25) is 5.91 Å². The zero-order valence-electron chi connectivity index (χ0n) is 21.6. The van der Waals surface area contributed by atoms with E-state index in [1.54, 1.807) is 11.1 Å². The van der Waals surface area contributed by atoms with Crippen LogP contribution in [-0.2, 0) is 14.4 Å². The SMILES string of the molecule is CN(C(=O)CCCCN1CCN(c2ccccc2)CC1)c1ccc2ncccc2c1.O=C(O)/C=C/C(=O)O. The molecule has 38 heavy (non-hydrogen) atoms. The summed E-state index contributed by atoms with van der Waals surface area (Å²) in [5.41, 5.74) is 3.20. The van der Waals surface area contributed by atoms with E-state index in [2.05, 4.69) is 45.1 Å². The molecule has 0 saturated carbocycles. The number of carbonyl (C=O) groups is 3. The van der Waals surface area contributed by atoms with E-state index in [9.17, 15) is 14.4 Å². The molecule has 0 radical (unpaired) electrons. The maximum absolute atomic E-state index is 12.6. The van der Waals surface area contributed by atoms with Crippen LogP contribution in [0.25, 0.3) is 10.9 Å². The van der Waals surface area contributed by atoms with E-state index in [1.807, 2.05) is 37.4 Å². The average Bonchev–Trinajstić information content (AvgIpc) is 2.94. The number of nitrogens with zero attached hydrogens (tertiary/aromatic N) is 4. The Morgan fingerprint density at radius 3 is 2.24 bits per heavy atom. The van der Waals surface area contributed by atoms with Gasteiger partial charge in [0.25, 0.3) is 0 Å². The number of aromatic nitrogens is 1. The zero-order chi connectivity index (χ0) is 27.3. The minimum atomic E-state index is -1.26. The Morgan fingerprint density at radius 2 is 1.58 bits per heavy atom. The van der Waals surface area contributed by atoms with Crippen molar-refractivity contribution in [1.82, 2.24) is 9.88 Å². The number of piperazine rings is 1. The molecule has 1 fully saturated rings. The number of anilines is 2. The Balaban J connectivity index is 0.000000436. The van der Waals surface area contributed by atoms with Crippen LogP contribution in [0.4, 0.5) is 11.4 Å². The number of aliphatic carboxylic acids is 2. The van der Waals surface area contributed by atoms with Crippen molar-refractivity contribution in [2.75, 3.05) is 49.6 Å². The molecule has 1 saturated heterocycles. The van der Waals surface area contributed by atoms with Gasteiger partial charge in [0.1, 0.15) is 0 Å². The van der Waals surface area contributed by atoms with Crippen molar-refractivity contribution in [3.8, 4) is 0 Å². The van der Waals surface area contributed by atoms with Crippen LogP contribution in [-0.4, -0.2) is 77.7 Å². The molecule has 0 unspecified atom stereocenters. The molecular weight excluding hydrogens is 484 g/mol. The fraction of sp³-hybridized carbons (Fsp3) is 0.310. The minimum Gasteiger partial charge on any atom is -0.478 e. The molecule has 1 aromatic heterocycles. The van der Waals surface area contributed by atoms with E-state index < -0.39 is 11.9 Å². The van der Waals surface area contributed by atoms with Crippen molar-refractivity contribution in [2.45, 2.75) is 19.3 Å². The summed E-state index contributed by atoms with van der Waals surface area (Å²) in [6.45, 7) is 5.40. The number of benzene rings is 2. The zero-order valence-corrected chi connectivity index (χ0v) is 21.6. The van der Waals surface area contributed by atoms with Crippen LogP contribution >= 0.6 is 0 Å². The molecule has 9 heteroatoms. The lowest BCUT2D eigenvalue weighted by Gasteiger charge is -2.36. The monoisotopic (exact) mass is 518 g/mol. The van der Waals surface area contributed by atoms with E-state index in [4.69, 9.17) is 10.2 Å². The quantitative estimate of drug-likeness (QED) is 0.324. The Bertz CT molecular complexity index is 1220. The van der Waals surface area contributed by atoms with Gasteiger partial charge in [-0.15, -0.1) is 0 Å². The van der Waals surface area contributed by atoms with Crippen LogP contribution in [0, 0.1) is 0 Å². The van der Waals surface area contributed by atoms with E-state index in [1.165, 1.54) is 5.69 Å². The number of carboxylic acid groups (broad SMARTS) is 2. The van der Waals surface area contributed by atoms with Gasteiger partial charge in [-0.1, -0.05) is 24.3 Å². The van der Waals surface area contributed by atoms with Crippen molar-refractivity contribution >= 4 is 40.1 Å². The standard InChI is InChI=1S/C25H30N4O.C4H4O4/c1-27(23-12-13-24-21(20-23)8-7-14-26-24)25(30)11-5-6-15-28-16-18-29(19-17-28)22-9-3-2-4-10-22;5-3(6)1-2-4(7)8/h2-4,7-10,12-14,20H,5-6,11,15-19H2,1H3;1-2H,(H,5,6)(H,7,8)/b;2-1+. The second-order valence-corrected chi connectivity index (χ2v) is 8.96. The average molecular weight is 519 g/mol. The van der Waals surface area contributed by atoms with Crippen molar-refractivity contribution < 1.29 is 24.6 Å². The number of rotatable bonds is 9. The molecule has 2 N–H and O–H groups in total. The Labute approximate surface area is 222 Å². The number of unbranched alkanes of at least 4 members (excludes halogenated alkanes) is 1. The predicted molar refractivity (Wildman–Crippen MR) is 149 cm³/mol. The molecule has 1 amide bonds. The third-order valence-electron chi connectivity index (χ3n) is 6.33. The van der Waals surface area contributed by atoms with Crippen molar-refractivity contribution in [3.05, 3.63) is 79.0 Å². The summed E-state index contributed by atoms with van der Waals surface area (Å²) in [6, 6.07) is 20.6. The largest absolute Gasteiger partial charge is 0.478 e. The predicted octanol–water partition coefficient (Wildman–Crippen LogP) is 3.90. The molecule has 1 aliphatic heterocycles. The van der Waals surface area contributed by atoms with Crippen molar-refractivity contribution in [1.29, 1.82) is 0 Å². The normalized spacial score (nSPS) is 13.7. The number of hydrogen-bond acceptors (Lipinski definition) is 6. The minimum absolute atomic E-state index is 0.173. The van der Waals surface area contributed by atoms with Crippen LogP contribution in [0.3, 0.4) is 0 Å². The Kier molecular flexibility index (Phi) is 10.8. The highest BCUT2D eigenvalue weighted by molar-refractivity contribution is 5.95. The first kappa shape index (κ1) is 28.3. The van der Waals surface area contributed by atoms with E-state index >= 15 is 0 Å². The summed E-state index contributed by atoms with van der Waals surface area (Å²) < 4.78 is 0. The summed E-state index contributed by atoms with van der Waals surface area (Å²) in [7, 11) is 1.86. The third kappa shape index (κ3) is 9.01. The van der Waals surface area contributed by atoms with Gasteiger partial charge in [0, 0.05) is 74.8 Å². The fourth-order valence-corrected chi connectivity index (χ4v) is 4.21. The number of fused-ring (bicyclic) bond motifs is 1. The molecular formula is C29H34N4O5. The number of carboxylic acids is 2. The first-order valence-electron chi connectivity index (χ1n) is 12.6. The van der Waals surface area contributed by atoms with Gasteiger partial charge in [-0.3, -0.25) is 14.7 Å². The Hall–Kier alpha value is -4.24. The topological polar surface area (TPSA) is 114 Å². The maximum atomic E-state index is 12.6. The third-order valence-corrected chi connectivity index (χ3v) is 6.33. The van der Waals surface area contributed by atoms with Crippen molar-refractivity contribution in [3.63, 3.8) is 0 Å². The molecule has 9 nitrogen and oxygen atoms in total. The van der Waals surface area contributed by atoms with Gasteiger partial charge in [-0.2, -0.15) is 0 Å². The Morgan fingerprint density at radius 1 is 0.895 bits per heavy atom. The van der Waals surface area contributed by atoms with Crippen LogP contribution in [0.1, 0.15) is 19.3 Å². The maximum Gasteiger partial charge on any atom is 0.328 e. The number of amides is 1. The van der Waals surface area contributed by atoms with Gasteiger partial charge in [0.15, 0.2) is 0 Å². The highest BCUT2D eigenvalue weighted by atomic mass is 16.4. The van der Waals surface area contributed by atoms with Gasteiger partial charge < -0.3 is 20.0 Å². The molecule has 0 aliphatic carbocycles. The fourth-order valence-electron chi connectivity index (χ4n) is 4.21. The number of hydrogen-bond donors (Lipinski definition) is 2. The van der Waals surface area contributed by atoms with Gasteiger partial charge in [0.05, 0.1) is 5.52 Å². The first-order valence-corrected chi connectivity index (χ1v) is 12.6. The summed E-state index contributed by atoms with van der Waals surface area (Å²) in [6.07, 6.45) is 5.48. The van der Waals surface area contributed by atoms with Crippen LogP contribution < -0.4 is 9.80 Å². The van der Waals surface area contributed by atoms with Gasteiger partial charge in [-0.25, -0.2) is 9.59 Å². The van der Waals surface area contributed by atoms with E-state index in [0.717, 1.165) is 62.2 Å². The highest BCUT2D eigenvalue weighted by Gasteiger charge is 2.17. The van der Waals surface area contributed by atoms with E-state index in [0.29, 0.717) is 18.6 Å². The highest BCUT2D eigenvalue weighted by Crippen LogP contribution is 2.21. The molecule has 1 aliphatic rings. The van der Waals surface area contributed by atoms with Crippen LogP contribution in [0.15, 0.2) is 79.0 Å². The summed E-state index contributed by atoms with van der Waals surface area (Å²) in [5.74, 6) is -2.34. The molecule has 3 aromatic rings. The van der Waals surface area contributed by atoms with Gasteiger partial charge >= 0.3 is 11.9 Å². The molecule has 0 atom stereocenters. The second kappa shape index (κ2) is 14.5. The molecule has 2 aromatic carbocycles. The first-order chi connectivity index (χ1) is 18.3. The summed E-state index contributed by atoms with van der Waals surface area (Å²) in [4.78, 5) is 42.8. The molecule has 0 spiro atoms. The summed E-state index contributed by atoms with van der Waals surface area (Å²) in [5, 5.41) is 16.7. The lowest BCUT2D eigenvalue weighted by Crippen LogP contribution is -2.46. The van der Waals surface area contributed by atoms with Crippen LogP contribution in [0.2, 0.25) is 0 Å². The van der Waals surface area contributed by atoms with E-state index in [-0.39, 0.29) is 5.91 Å². The second-order valence-electron chi connectivity index (χ2n) is 8.96. The van der Waals surface area contributed by atoms with Crippen molar-refractivity contribution in [2.24, 2.45) is 0 Å². The lowest BCUT2D eigenvalue weighted by atomic mass is 10.1. The van der Waals surface area contributed by atoms with Crippen LogP contribution in [0.5, 0.6) is 0 Å². The lowest BCUT2D eigenvalue weighted by molar-refractivity contribution is -0.134. The molecule has 2 heterocycles. The molecule has 200 valence electrons. The molecule has 0 bridgehead atoms. The summed E-state index contributed by atoms with van der Waals surface area (Å²) >= 11 is 0. The number of carbonyl (C=O) groups excluding carboxylic acids is 1. The van der Waals surface area contributed by atoms with Gasteiger partial charge in [-0.05, 0) is 55.8 Å². The number of pyridine rings is 1. The molecule has 4 rings (SSSR count). The smallest absolute Gasteiger partial charge is 0.328 e.